The van der Waals surface area contributed by atoms with E-state index in [9.17, 15) is 0 Å². The molecule has 1 unspecified atom stereocenters. The van der Waals surface area contributed by atoms with Gasteiger partial charge in [0.05, 0.1) is 0 Å². The van der Waals surface area contributed by atoms with Crippen LogP contribution < -0.4 is 0 Å². The molecule has 0 heteroatoms. The van der Waals surface area contributed by atoms with Crippen LogP contribution in [-0.4, -0.2) is 0 Å². The Morgan fingerprint density at radius 3 is 1.42 bits per heavy atom. The van der Waals surface area contributed by atoms with Gasteiger partial charge in [0.1, 0.15) is 0 Å². The van der Waals surface area contributed by atoms with Gasteiger partial charge in [-0.1, -0.05) is 74.5 Å². The molecule has 1 saturated carbocycles. The van der Waals surface area contributed by atoms with Crippen molar-refractivity contribution >= 4 is 0 Å². The first-order chi connectivity index (χ1) is 9.16. The van der Waals surface area contributed by atoms with E-state index in [1.54, 1.807) is 0 Å². The summed E-state index contributed by atoms with van der Waals surface area (Å²) in [5, 5.41) is 0. The molecular weight excluding hydrogens is 228 g/mol. The summed E-state index contributed by atoms with van der Waals surface area (Å²) in [6.45, 7) is 4.82. The smallest absolute Gasteiger partial charge is 0.00878 e. The Morgan fingerprint density at radius 1 is 0.684 bits per heavy atom. The predicted molar refractivity (Wildman–Crippen MR) is 81.4 cm³/mol. The maximum atomic E-state index is 2.41. The van der Waals surface area contributed by atoms with Crippen LogP contribution in [0.2, 0.25) is 0 Å². The molecule has 19 heavy (non-hydrogen) atoms. The summed E-state index contributed by atoms with van der Waals surface area (Å²) in [6.07, 6.45) is 2.58. The van der Waals surface area contributed by atoms with Crippen molar-refractivity contribution in [2.45, 2.75) is 38.5 Å². The lowest BCUT2D eigenvalue weighted by Crippen LogP contribution is -2.04. The second-order valence-electron chi connectivity index (χ2n) is 6.61. The number of hydrogen-bond acceptors (Lipinski definition) is 0. The average Bonchev–Trinajstić information content (AvgIpc) is 2.77. The van der Waals surface area contributed by atoms with Crippen LogP contribution in [0.3, 0.4) is 0 Å². The molecule has 0 aromatic heterocycles. The fraction of sp³-hybridized carbons (Fsp3) is 0.368. The molecule has 2 aromatic rings. The molecule has 1 aliphatic carbocycles. The quantitative estimate of drug-likeness (QED) is 0.671. The maximum Gasteiger partial charge on any atom is -0.00878 e. The van der Waals surface area contributed by atoms with Crippen LogP contribution in [-0.2, 0) is 0 Å². The second-order valence-corrected chi connectivity index (χ2v) is 6.61. The predicted octanol–water partition coefficient (Wildman–Crippen LogP) is 5.37. The van der Waals surface area contributed by atoms with Gasteiger partial charge in [-0.05, 0) is 41.2 Å². The van der Waals surface area contributed by atoms with Crippen molar-refractivity contribution in [1.82, 2.24) is 0 Å². The molecule has 0 N–H and O–H groups in total. The molecule has 3 rings (SSSR count). The van der Waals surface area contributed by atoms with Gasteiger partial charge >= 0.3 is 0 Å². The van der Waals surface area contributed by atoms with Gasteiger partial charge in [-0.3, -0.25) is 0 Å². The Bertz CT molecular complexity index is 475. The van der Waals surface area contributed by atoms with Crippen molar-refractivity contribution in [2.24, 2.45) is 5.41 Å². The van der Waals surface area contributed by atoms with Crippen molar-refractivity contribution in [1.29, 1.82) is 0 Å². The Hall–Kier alpha value is -1.56. The SMILES string of the molecule is CC1(C)CC(c2ccccc2)[C@@H](c2ccccc2)C1. The van der Waals surface area contributed by atoms with E-state index in [0.29, 0.717) is 17.3 Å². The summed E-state index contributed by atoms with van der Waals surface area (Å²) < 4.78 is 0. The summed E-state index contributed by atoms with van der Waals surface area (Å²) in [4.78, 5) is 0. The zero-order chi connectivity index (χ0) is 13.3. The molecule has 0 aliphatic heterocycles. The first-order valence-electron chi connectivity index (χ1n) is 7.26. The largest absolute Gasteiger partial charge is 0.0622 e. The number of hydrogen-bond donors (Lipinski definition) is 0. The van der Waals surface area contributed by atoms with Gasteiger partial charge in [0.15, 0.2) is 0 Å². The van der Waals surface area contributed by atoms with Crippen LogP contribution in [0, 0.1) is 5.41 Å². The molecule has 98 valence electrons. The molecule has 2 aromatic carbocycles. The summed E-state index contributed by atoms with van der Waals surface area (Å²) in [5.74, 6) is 1.33. The van der Waals surface area contributed by atoms with E-state index in [4.69, 9.17) is 0 Å². The van der Waals surface area contributed by atoms with E-state index in [0.717, 1.165) is 0 Å². The highest BCUT2D eigenvalue weighted by Gasteiger charge is 2.40. The molecule has 1 fully saturated rings. The summed E-state index contributed by atoms with van der Waals surface area (Å²) in [6, 6.07) is 22.1. The van der Waals surface area contributed by atoms with E-state index >= 15 is 0 Å². The molecular formula is C19H22. The Morgan fingerprint density at radius 2 is 1.05 bits per heavy atom. The van der Waals surface area contributed by atoms with E-state index < -0.39 is 0 Å². The molecule has 0 saturated heterocycles. The lowest BCUT2D eigenvalue weighted by atomic mass is 9.84. The minimum Gasteiger partial charge on any atom is -0.0622 e. The van der Waals surface area contributed by atoms with Crippen LogP contribution in [0.4, 0.5) is 0 Å². The van der Waals surface area contributed by atoms with E-state index in [1.165, 1.54) is 24.0 Å². The van der Waals surface area contributed by atoms with Crippen LogP contribution in [0.25, 0.3) is 0 Å². The van der Waals surface area contributed by atoms with Gasteiger partial charge in [0, 0.05) is 0 Å². The summed E-state index contributed by atoms with van der Waals surface area (Å²) >= 11 is 0. The van der Waals surface area contributed by atoms with Gasteiger partial charge in [-0.15, -0.1) is 0 Å². The minimum atomic E-state index is 0.445. The fourth-order valence-corrected chi connectivity index (χ4v) is 3.66. The topological polar surface area (TPSA) is 0 Å². The van der Waals surface area contributed by atoms with Gasteiger partial charge in [-0.2, -0.15) is 0 Å². The van der Waals surface area contributed by atoms with E-state index in [1.807, 2.05) is 0 Å². The normalized spacial score (nSPS) is 25.4. The fourth-order valence-electron chi connectivity index (χ4n) is 3.66. The molecule has 0 radical (unpaired) electrons. The highest BCUT2D eigenvalue weighted by Crippen LogP contribution is 2.54. The minimum absolute atomic E-state index is 0.445. The highest BCUT2D eigenvalue weighted by molar-refractivity contribution is 5.31. The van der Waals surface area contributed by atoms with Crippen LogP contribution in [0.5, 0.6) is 0 Å². The monoisotopic (exact) mass is 250 g/mol. The first-order valence-corrected chi connectivity index (χ1v) is 7.26. The van der Waals surface area contributed by atoms with Crippen molar-refractivity contribution in [3.63, 3.8) is 0 Å². The van der Waals surface area contributed by atoms with Crippen molar-refractivity contribution in [2.75, 3.05) is 0 Å². The zero-order valence-corrected chi connectivity index (χ0v) is 11.8. The van der Waals surface area contributed by atoms with E-state index in [2.05, 4.69) is 74.5 Å². The lowest BCUT2D eigenvalue weighted by molar-refractivity contribution is 0.372. The first kappa shape index (κ1) is 12.5. The maximum absolute atomic E-state index is 2.41. The Labute approximate surface area is 116 Å². The van der Waals surface area contributed by atoms with Crippen LogP contribution >= 0.6 is 0 Å². The van der Waals surface area contributed by atoms with Crippen molar-refractivity contribution in [3.8, 4) is 0 Å². The molecule has 0 nitrogen and oxygen atoms in total. The van der Waals surface area contributed by atoms with Gasteiger partial charge < -0.3 is 0 Å². The molecule has 0 bridgehead atoms. The molecule has 2 atom stereocenters. The number of rotatable bonds is 2. The average molecular weight is 250 g/mol. The molecule has 1 aliphatic rings. The van der Waals surface area contributed by atoms with Crippen molar-refractivity contribution < 1.29 is 0 Å². The summed E-state index contributed by atoms with van der Waals surface area (Å²) in [5.41, 5.74) is 3.45. The van der Waals surface area contributed by atoms with E-state index in [-0.39, 0.29) is 0 Å². The third kappa shape index (κ3) is 2.58. The Kier molecular flexibility index (Phi) is 3.18. The Balaban J connectivity index is 1.97. The van der Waals surface area contributed by atoms with Gasteiger partial charge in [0.2, 0.25) is 0 Å². The lowest BCUT2D eigenvalue weighted by Gasteiger charge is -2.20. The molecule has 0 spiro atoms. The van der Waals surface area contributed by atoms with Gasteiger partial charge in [0.25, 0.3) is 0 Å². The van der Waals surface area contributed by atoms with Crippen LogP contribution in [0.15, 0.2) is 60.7 Å². The van der Waals surface area contributed by atoms with Crippen LogP contribution in [0.1, 0.15) is 49.7 Å². The van der Waals surface area contributed by atoms with Gasteiger partial charge in [-0.25, -0.2) is 0 Å². The third-order valence-corrected chi connectivity index (χ3v) is 4.49. The number of benzene rings is 2. The zero-order valence-electron chi connectivity index (χ0n) is 11.8. The molecule has 0 heterocycles. The summed E-state index contributed by atoms with van der Waals surface area (Å²) in [7, 11) is 0. The highest BCUT2D eigenvalue weighted by atomic mass is 14.4. The third-order valence-electron chi connectivity index (χ3n) is 4.49. The molecule has 0 amide bonds. The van der Waals surface area contributed by atoms with Crippen molar-refractivity contribution in [3.05, 3.63) is 71.8 Å². The second kappa shape index (κ2) is 4.85. The standard InChI is InChI=1S/C19H22/c1-19(2)13-17(15-9-5-3-6-10-15)18(14-19)16-11-7-4-8-12-16/h3-12,17-18H,13-14H2,1-2H3/t17-,18?/m1/s1.